The number of hydrogen-bond acceptors (Lipinski definition) is 3. The van der Waals surface area contributed by atoms with Crippen molar-refractivity contribution in [2.24, 2.45) is 5.73 Å². The number of nitrogens with two attached hydrogens (primary N) is 1. The molecule has 0 saturated carbocycles. The summed E-state index contributed by atoms with van der Waals surface area (Å²) in [4.78, 5) is 15.5. The summed E-state index contributed by atoms with van der Waals surface area (Å²) >= 11 is 12.3. The molecule has 3 aromatic rings. The fourth-order valence-corrected chi connectivity index (χ4v) is 3.11. The van der Waals surface area contributed by atoms with Gasteiger partial charge in [-0.2, -0.15) is 0 Å². The van der Waals surface area contributed by atoms with Gasteiger partial charge < -0.3 is 15.4 Å². The molecule has 0 aliphatic heterocycles. The maximum Gasteiger partial charge on any atom is 0.293 e. The number of carbonyl (C=O) groups excluding carboxylic acids is 1. The molecule has 0 atom stereocenters. The summed E-state index contributed by atoms with van der Waals surface area (Å²) in [6.07, 6.45) is 4.35. The number of imidazole rings is 1. The standard InChI is InChI=1S/C21H16Cl2N3O2/c22-15-6-9-17(18(23)12-15)19-13-26(11-1-2-20(24)28)21(25-19)10-5-14-3-7-16(27)8-4-14/h3-4,6-10,12-13,27H,5,11H2,(H2,24,28). The van der Waals surface area contributed by atoms with Gasteiger partial charge >= 0.3 is 0 Å². The van der Waals surface area contributed by atoms with Gasteiger partial charge in [-0.1, -0.05) is 41.3 Å². The van der Waals surface area contributed by atoms with Crippen LogP contribution >= 0.6 is 23.2 Å². The lowest BCUT2D eigenvalue weighted by Gasteiger charge is -2.04. The maximum atomic E-state index is 10.9. The molecule has 0 aliphatic carbocycles. The average Bonchev–Trinajstić information content (AvgIpc) is 3.03. The minimum Gasteiger partial charge on any atom is -0.508 e. The number of nitrogens with zero attached hydrogens (tertiary/aromatic N) is 2. The Labute approximate surface area is 172 Å². The van der Waals surface area contributed by atoms with Crippen molar-refractivity contribution in [2.45, 2.75) is 13.0 Å². The number of carbonyl (C=O) groups is 1. The molecule has 2 aromatic carbocycles. The zero-order valence-corrected chi connectivity index (χ0v) is 16.2. The summed E-state index contributed by atoms with van der Waals surface area (Å²) in [5, 5.41) is 10.4. The molecular formula is C21H16Cl2N3O2. The lowest BCUT2D eigenvalue weighted by atomic mass is 10.1. The first kappa shape index (κ1) is 19.8. The van der Waals surface area contributed by atoms with E-state index in [0.717, 1.165) is 11.1 Å². The Hall–Kier alpha value is -2.94. The molecule has 28 heavy (non-hydrogen) atoms. The van der Waals surface area contributed by atoms with Gasteiger partial charge in [0.05, 0.1) is 17.3 Å². The second-order valence-electron chi connectivity index (χ2n) is 5.98. The van der Waals surface area contributed by atoms with Crippen molar-refractivity contribution in [3.63, 3.8) is 0 Å². The molecule has 3 rings (SSSR count). The minimum absolute atomic E-state index is 0.214. The van der Waals surface area contributed by atoms with Crippen molar-refractivity contribution in [3.05, 3.63) is 76.5 Å². The van der Waals surface area contributed by atoms with Gasteiger partial charge in [-0.05, 0) is 48.2 Å². The summed E-state index contributed by atoms with van der Waals surface area (Å²) in [6, 6.07) is 12.1. The zero-order chi connectivity index (χ0) is 20.1. The van der Waals surface area contributed by atoms with E-state index in [0.29, 0.717) is 28.0 Å². The van der Waals surface area contributed by atoms with Crippen LogP contribution in [0.5, 0.6) is 5.75 Å². The summed E-state index contributed by atoms with van der Waals surface area (Å²) in [6.45, 7) is 0.253. The number of hydrogen-bond donors (Lipinski definition) is 2. The molecule has 0 fully saturated rings. The number of halogens is 2. The first-order chi connectivity index (χ1) is 13.4. The highest BCUT2D eigenvalue weighted by molar-refractivity contribution is 6.36. The van der Waals surface area contributed by atoms with Crippen molar-refractivity contribution in [1.82, 2.24) is 9.55 Å². The van der Waals surface area contributed by atoms with Crippen LogP contribution in [-0.4, -0.2) is 20.6 Å². The fraction of sp³-hybridized carbons (Fsp3) is 0.0952. The molecule has 1 aromatic heterocycles. The van der Waals surface area contributed by atoms with Gasteiger partial charge in [-0.25, -0.2) is 4.98 Å². The van der Waals surface area contributed by atoms with Crippen LogP contribution in [0.3, 0.4) is 0 Å². The molecule has 0 saturated heterocycles. The third kappa shape index (κ3) is 5.07. The molecule has 141 valence electrons. The summed E-state index contributed by atoms with van der Waals surface area (Å²) in [5.74, 6) is 5.26. The number of aromatic nitrogens is 2. The molecule has 0 aliphatic rings. The predicted molar refractivity (Wildman–Crippen MR) is 110 cm³/mol. The van der Waals surface area contributed by atoms with Crippen LogP contribution in [0.15, 0.2) is 48.7 Å². The van der Waals surface area contributed by atoms with Gasteiger partial charge in [0.1, 0.15) is 11.6 Å². The molecule has 7 heteroatoms. The van der Waals surface area contributed by atoms with Crippen molar-refractivity contribution in [3.8, 4) is 28.8 Å². The van der Waals surface area contributed by atoms with Gasteiger partial charge in [0.15, 0.2) is 0 Å². The number of aromatic hydroxyl groups is 1. The maximum absolute atomic E-state index is 10.9. The Balaban J connectivity index is 1.89. The molecule has 5 nitrogen and oxygen atoms in total. The molecule has 1 heterocycles. The van der Waals surface area contributed by atoms with Gasteiger partial charge in [0, 0.05) is 23.2 Å². The van der Waals surface area contributed by atoms with Crippen LogP contribution in [0, 0.1) is 18.3 Å². The highest BCUT2D eigenvalue weighted by Crippen LogP contribution is 2.30. The molecule has 1 amide bonds. The third-order valence-electron chi connectivity index (χ3n) is 3.93. The van der Waals surface area contributed by atoms with Crippen LogP contribution < -0.4 is 5.73 Å². The summed E-state index contributed by atoms with van der Waals surface area (Å²) < 4.78 is 1.82. The van der Waals surface area contributed by atoms with Crippen LogP contribution in [0.4, 0.5) is 0 Å². The number of primary amides is 1. The Morgan fingerprint density at radius 1 is 1.21 bits per heavy atom. The van der Waals surface area contributed by atoms with E-state index in [1.807, 2.05) is 29.3 Å². The Bertz CT molecular complexity index is 1060. The second-order valence-corrected chi connectivity index (χ2v) is 6.82. The van der Waals surface area contributed by atoms with E-state index >= 15 is 0 Å². The molecule has 3 N–H and O–H groups in total. The van der Waals surface area contributed by atoms with E-state index < -0.39 is 5.91 Å². The van der Waals surface area contributed by atoms with Gasteiger partial charge in [0.2, 0.25) is 0 Å². The first-order valence-electron chi connectivity index (χ1n) is 8.34. The van der Waals surface area contributed by atoms with E-state index in [-0.39, 0.29) is 12.3 Å². The highest BCUT2D eigenvalue weighted by Gasteiger charge is 2.13. The van der Waals surface area contributed by atoms with Crippen molar-refractivity contribution >= 4 is 29.1 Å². The summed E-state index contributed by atoms with van der Waals surface area (Å²) in [7, 11) is 0. The van der Waals surface area contributed by atoms with Crippen LogP contribution in [-0.2, 0) is 17.8 Å². The van der Waals surface area contributed by atoms with Crippen LogP contribution in [0.2, 0.25) is 10.0 Å². The normalized spacial score (nSPS) is 10.4. The van der Waals surface area contributed by atoms with Crippen LogP contribution in [0.25, 0.3) is 11.3 Å². The molecule has 0 bridgehead atoms. The highest BCUT2D eigenvalue weighted by atomic mass is 35.5. The van der Waals surface area contributed by atoms with E-state index in [9.17, 15) is 9.90 Å². The number of benzene rings is 2. The fourth-order valence-electron chi connectivity index (χ4n) is 2.60. The number of phenols is 1. The van der Waals surface area contributed by atoms with Crippen LogP contribution in [0.1, 0.15) is 11.4 Å². The van der Waals surface area contributed by atoms with Crippen molar-refractivity contribution in [1.29, 1.82) is 0 Å². The van der Waals surface area contributed by atoms with Gasteiger partial charge in [-0.3, -0.25) is 4.79 Å². The Morgan fingerprint density at radius 2 is 1.96 bits per heavy atom. The Morgan fingerprint density at radius 3 is 2.64 bits per heavy atom. The quantitative estimate of drug-likeness (QED) is 0.624. The molecular weight excluding hydrogens is 397 g/mol. The number of rotatable bonds is 5. The first-order valence-corrected chi connectivity index (χ1v) is 9.10. The second kappa shape index (κ2) is 8.83. The summed E-state index contributed by atoms with van der Waals surface area (Å²) in [5.41, 5.74) is 7.50. The lowest BCUT2D eigenvalue weighted by molar-refractivity contribution is -0.112. The van der Waals surface area contributed by atoms with Crippen molar-refractivity contribution in [2.75, 3.05) is 0 Å². The molecule has 0 spiro atoms. The van der Waals surface area contributed by atoms with Gasteiger partial charge in [-0.15, -0.1) is 0 Å². The molecule has 1 radical (unpaired) electrons. The third-order valence-corrected chi connectivity index (χ3v) is 4.48. The number of phenolic OH excluding ortho intramolecular Hbond substituents is 1. The van der Waals surface area contributed by atoms with E-state index in [1.54, 1.807) is 30.3 Å². The van der Waals surface area contributed by atoms with E-state index in [1.165, 1.54) is 0 Å². The van der Waals surface area contributed by atoms with E-state index in [2.05, 4.69) is 16.8 Å². The monoisotopic (exact) mass is 412 g/mol. The zero-order valence-electron chi connectivity index (χ0n) is 14.7. The average molecular weight is 413 g/mol. The SMILES string of the molecule is NC(=O)C#CCn1cc(-c2ccc(Cl)cc2Cl)nc1[CH]Cc1ccc(O)cc1. The van der Waals surface area contributed by atoms with E-state index in [4.69, 9.17) is 28.9 Å². The van der Waals surface area contributed by atoms with Crippen molar-refractivity contribution < 1.29 is 9.90 Å². The topological polar surface area (TPSA) is 81.1 Å². The smallest absolute Gasteiger partial charge is 0.293 e. The lowest BCUT2D eigenvalue weighted by Crippen LogP contribution is -2.07. The van der Waals surface area contributed by atoms with Gasteiger partial charge in [0.25, 0.3) is 5.91 Å². The number of amides is 1. The largest absolute Gasteiger partial charge is 0.508 e. The molecule has 0 unspecified atom stereocenters. The predicted octanol–water partition coefficient (Wildman–Crippen LogP) is 3.85. The minimum atomic E-state index is -0.685. The Kier molecular flexibility index (Phi) is 6.25.